The van der Waals surface area contributed by atoms with Gasteiger partial charge in [0.1, 0.15) is 0 Å². The molecule has 0 spiro atoms. The van der Waals surface area contributed by atoms with Gasteiger partial charge in [0, 0.05) is 12.2 Å². The monoisotopic (exact) mass is 353 g/mol. The molecule has 0 amide bonds. The maximum atomic E-state index is 10.7. The van der Waals surface area contributed by atoms with Crippen molar-refractivity contribution in [3.05, 3.63) is 29.8 Å². The Bertz CT molecular complexity index is 469. The first-order valence-electron chi connectivity index (χ1n) is 9.81. The van der Waals surface area contributed by atoms with Gasteiger partial charge >= 0.3 is 29.6 Å². The number of nitrogens with one attached hydrogen (secondary N) is 1. The van der Waals surface area contributed by atoms with Gasteiger partial charge in [0.15, 0.2) is 0 Å². The smallest absolute Gasteiger partial charge is 0.545 e. The second kappa shape index (κ2) is 13.7. The molecular weight excluding hydrogens is 321 g/mol. The number of benzene rings is 1. The van der Waals surface area contributed by atoms with E-state index in [1.54, 1.807) is 24.3 Å². The predicted octanol–water partition coefficient (Wildman–Crippen LogP) is 1.78. The molecule has 3 nitrogen and oxygen atoms in total. The standard InChI is InChI=1S/C21H33NO2.Na/c23-21(24)19-13-15-20(16-14-19)22-17-9-4-2-1-3-6-10-18-11-7-5-8-12-18;/h13-16,18,22H,1-12,17H2,(H,23,24);/q;+1/p-1. The molecule has 0 radical (unpaired) electrons. The number of aromatic carboxylic acids is 1. The topological polar surface area (TPSA) is 52.2 Å². The average molecular weight is 353 g/mol. The quantitative estimate of drug-likeness (QED) is 0.487. The van der Waals surface area contributed by atoms with Crippen molar-refractivity contribution in [1.82, 2.24) is 0 Å². The zero-order valence-corrected chi connectivity index (χ0v) is 17.9. The SMILES string of the molecule is O=C([O-])c1ccc(NCCCCCCCCC2CCCCC2)cc1.[Na+]. The summed E-state index contributed by atoms with van der Waals surface area (Å²) < 4.78 is 0. The molecule has 1 aromatic carbocycles. The van der Waals surface area contributed by atoms with Crippen molar-refractivity contribution < 1.29 is 39.5 Å². The number of carboxylic acid groups (broad SMARTS) is 1. The van der Waals surface area contributed by atoms with Crippen LogP contribution in [0.25, 0.3) is 0 Å². The molecule has 1 N–H and O–H groups in total. The van der Waals surface area contributed by atoms with Gasteiger partial charge in [-0.1, -0.05) is 82.8 Å². The van der Waals surface area contributed by atoms with E-state index in [1.165, 1.54) is 77.0 Å². The van der Waals surface area contributed by atoms with E-state index in [0.717, 1.165) is 18.2 Å². The van der Waals surface area contributed by atoms with E-state index in [2.05, 4.69) is 5.32 Å². The number of carbonyl (C=O) groups is 1. The first-order chi connectivity index (χ1) is 11.8. The molecule has 1 aliphatic rings. The Kier molecular flexibility index (Phi) is 12.3. The molecule has 0 aromatic heterocycles. The van der Waals surface area contributed by atoms with Gasteiger partial charge in [-0.25, -0.2) is 0 Å². The van der Waals surface area contributed by atoms with Crippen LogP contribution < -0.4 is 40.0 Å². The molecule has 0 unspecified atom stereocenters. The van der Waals surface area contributed by atoms with Crippen molar-refractivity contribution in [2.45, 2.75) is 77.0 Å². The van der Waals surface area contributed by atoms with Crippen LogP contribution in [0.5, 0.6) is 0 Å². The third kappa shape index (κ3) is 9.67. The summed E-state index contributed by atoms with van der Waals surface area (Å²) in [7, 11) is 0. The van der Waals surface area contributed by atoms with Crippen LogP contribution >= 0.6 is 0 Å². The third-order valence-corrected chi connectivity index (χ3v) is 5.21. The molecule has 1 aromatic rings. The van der Waals surface area contributed by atoms with Crippen LogP contribution in [-0.2, 0) is 0 Å². The van der Waals surface area contributed by atoms with Crippen LogP contribution in [0, 0.1) is 5.92 Å². The van der Waals surface area contributed by atoms with E-state index in [-0.39, 0.29) is 35.1 Å². The molecule has 134 valence electrons. The summed E-state index contributed by atoms with van der Waals surface area (Å²) in [6.45, 7) is 0.951. The summed E-state index contributed by atoms with van der Waals surface area (Å²) in [5.41, 5.74) is 1.21. The zero-order chi connectivity index (χ0) is 17.0. The maximum Gasteiger partial charge on any atom is 1.00 e. The Labute approximate surface area is 175 Å². The number of carboxylic acids is 1. The second-order valence-electron chi connectivity index (χ2n) is 7.21. The number of hydrogen-bond acceptors (Lipinski definition) is 3. The van der Waals surface area contributed by atoms with E-state index in [1.807, 2.05) is 0 Å². The molecule has 1 aliphatic carbocycles. The largest absolute Gasteiger partial charge is 1.00 e. The van der Waals surface area contributed by atoms with Gasteiger partial charge in [0.05, 0.1) is 5.97 Å². The van der Waals surface area contributed by atoms with E-state index < -0.39 is 5.97 Å². The van der Waals surface area contributed by atoms with Gasteiger partial charge in [0.25, 0.3) is 0 Å². The van der Waals surface area contributed by atoms with Gasteiger partial charge < -0.3 is 15.2 Å². The molecule has 0 aliphatic heterocycles. The van der Waals surface area contributed by atoms with E-state index in [4.69, 9.17) is 0 Å². The fraction of sp³-hybridized carbons (Fsp3) is 0.667. The Hall–Kier alpha value is -0.510. The fourth-order valence-electron chi connectivity index (χ4n) is 3.70. The van der Waals surface area contributed by atoms with Crippen LogP contribution in [0.15, 0.2) is 24.3 Å². The van der Waals surface area contributed by atoms with Gasteiger partial charge in [-0.05, 0) is 30.0 Å². The summed E-state index contributed by atoms with van der Waals surface area (Å²) in [6, 6.07) is 6.78. The number of carbonyl (C=O) groups excluding carboxylic acids is 1. The normalized spacial score (nSPS) is 14.7. The summed E-state index contributed by atoms with van der Waals surface area (Å²) >= 11 is 0. The predicted molar refractivity (Wildman–Crippen MR) is 98.2 cm³/mol. The molecule has 1 saturated carbocycles. The Morgan fingerprint density at radius 1 is 0.920 bits per heavy atom. The van der Waals surface area contributed by atoms with Crippen LogP contribution in [0.2, 0.25) is 0 Å². The van der Waals surface area contributed by atoms with Gasteiger partial charge in [-0.3, -0.25) is 0 Å². The third-order valence-electron chi connectivity index (χ3n) is 5.21. The number of unbranched alkanes of at least 4 members (excludes halogenated alkanes) is 5. The molecule has 0 heterocycles. The van der Waals surface area contributed by atoms with Crippen molar-refractivity contribution >= 4 is 11.7 Å². The van der Waals surface area contributed by atoms with Gasteiger partial charge in [-0.15, -0.1) is 0 Å². The van der Waals surface area contributed by atoms with Crippen molar-refractivity contribution in [1.29, 1.82) is 0 Å². The molecule has 25 heavy (non-hydrogen) atoms. The first-order valence-corrected chi connectivity index (χ1v) is 9.81. The van der Waals surface area contributed by atoms with Crippen molar-refractivity contribution in [3.63, 3.8) is 0 Å². The minimum Gasteiger partial charge on any atom is -0.545 e. The average Bonchev–Trinajstić information content (AvgIpc) is 2.61. The van der Waals surface area contributed by atoms with Crippen LogP contribution in [0.4, 0.5) is 5.69 Å². The van der Waals surface area contributed by atoms with Crippen LogP contribution in [0.3, 0.4) is 0 Å². The fourth-order valence-corrected chi connectivity index (χ4v) is 3.70. The van der Waals surface area contributed by atoms with Crippen molar-refractivity contribution in [3.8, 4) is 0 Å². The van der Waals surface area contributed by atoms with Crippen molar-refractivity contribution in [2.24, 2.45) is 5.92 Å². The number of rotatable bonds is 11. The minimum absolute atomic E-state index is 0. The Balaban J connectivity index is 0.00000312. The summed E-state index contributed by atoms with van der Waals surface area (Å²) in [4.78, 5) is 10.7. The number of anilines is 1. The van der Waals surface area contributed by atoms with E-state index in [0.29, 0.717) is 0 Å². The van der Waals surface area contributed by atoms with E-state index >= 15 is 0 Å². The molecule has 0 saturated heterocycles. The molecule has 4 heteroatoms. The van der Waals surface area contributed by atoms with Crippen molar-refractivity contribution in [2.75, 3.05) is 11.9 Å². The van der Waals surface area contributed by atoms with E-state index in [9.17, 15) is 9.90 Å². The zero-order valence-electron chi connectivity index (χ0n) is 15.9. The van der Waals surface area contributed by atoms with Crippen LogP contribution in [-0.4, -0.2) is 12.5 Å². The Morgan fingerprint density at radius 2 is 1.52 bits per heavy atom. The molecule has 0 bridgehead atoms. The molecule has 2 rings (SSSR count). The summed E-state index contributed by atoms with van der Waals surface area (Å²) in [5, 5.41) is 14.0. The maximum absolute atomic E-state index is 10.7. The Morgan fingerprint density at radius 3 is 2.16 bits per heavy atom. The van der Waals surface area contributed by atoms with Gasteiger partial charge in [0.2, 0.25) is 0 Å². The number of hydrogen-bond donors (Lipinski definition) is 1. The molecular formula is C21H32NNaO2. The van der Waals surface area contributed by atoms with Crippen LogP contribution in [0.1, 0.15) is 87.4 Å². The molecule has 1 fully saturated rings. The second-order valence-corrected chi connectivity index (χ2v) is 7.21. The molecule has 0 atom stereocenters. The summed E-state index contributed by atoms with van der Waals surface area (Å²) in [6.07, 6.45) is 16.8. The van der Waals surface area contributed by atoms with Gasteiger partial charge in [-0.2, -0.15) is 0 Å². The minimum atomic E-state index is -1.12. The summed E-state index contributed by atoms with van der Waals surface area (Å²) in [5.74, 6) is -0.0868. The first kappa shape index (κ1) is 22.5.